The van der Waals surface area contributed by atoms with Gasteiger partial charge in [-0.15, -0.1) is 0 Å². The molecule has 22 heavy (non-hydrogen) atoms. The molecule has 0 aliphatic heterocycles. The van der Waals surface area contributed by atoms with Crippen LogP contribution in [0.3, 0.4) is 0 Å². The van der Waals surface area contributed by atoms with E-state index in [4.69, 9.17) is 10.5 Å². The molecule has 0 aliphatic rings. The maximum Gasteiger partial charge on any atom is 0.407 e. The number of hydrogen-bond acceptors (Lipinski definition) is 5. The van der Waals surface area contributed by atoms with Crippen molar-refractivity contribution >= 4 is 12.0 Å². The minimum absolute atomic E-state index is 0.198. The van der Waals surface area contributed by atoms with E-state index in [2.05, 4.69) is 5.32 Å². The molecule has 0 spiro atoms. The minimum Gasteiger partial charge on any atom is -0.444 e. The summed E-state index contributed by atoms with van der Waals surface area (Å²) in [5.41, 5.74) is 5.06. The van der Waals surface area contributed by atoms with E-state index < -0.39 is 29.8 Å². The van der Waals surface area contributed by atoms with E-state index in [1.807, 2.05) is 0 Å². The van der Waals surface area contributed by atoms with Gasteiger partial charge in [-0.1, -0.05) is 12.1 Å². The number of nitrogens with one attached hydrogen (secondary N) is 1. The second-order valence-corrected chi connectivity index (χ2v) is 5.88. The monoisotopic (exact) mass is 310 g/mol. The highest BCUT2D eigenvalue weighted by molar-refractivity contribution is 5.92. The van der Waals surface area contributed by atoms with E-state index in [0.29, 0.717) is 5.56 Å². The average Bonchev–Trinajstić information content (AvgIpc) is 2.42. The van der Waals surface area contributed by atoms with Crippen LogP contribution < -0.4 is 11.1 Å². The van der Waals surface area contributed by atoms with Crippen LogP contribution in [-0.4, -0.2) is 40.5 Å². The summed E-state index contributed by atoms with van der Waals surface area (Å²) in [6, 6.07) is 5.99. The maximum absolute atomic E-state index is 11.5. The fraction of sp³-hybridized carbons (Fsp3) is 0.467. The highest BCUT2D eigenvalue weighted by atomic mass is 16.6. The van der Waals surface area contributed by atoms with Gasteiger partial charge in [-0.3, -0.25) is 4.79 Å². The van der Waals surface area contributed by atoms with E-state index in [9.17, 15) is 19.8 Å². The summed E-state index contributed by atoms with van der Waals surface area (Å²) in [4.78, 5) is 22.6. The lowest BCUT2D eigenvalue weighted by atomic mass is 10.0. The zero-order valence-corrected chi connectivity index (χ0v) is 12.9. The molecule has 7 heteroatoms. The van der Waals surface area contributed by atoms with Crippen LogP contribution in [0.5, 0.6) is 0 Å². The molecule has 0 aromatic heterocycles. The Balaban J connectivity index is 2.62. The van der Waals surface area contributed by atoms with Crippen LogP contribution in [0.2, 0.25) is 0 Å². The lowest BCUT2D eigenvalue weighted by molar-refractivity contribution is 0.0129. The number of benzene rings is 1. The van der Waals surface area contributed by atoms with Gasteiger partial charge in [-0.05, 0) is 38.5 Å². The molecule has 1 rings (SSSR count). The van der Waals surface area contributed by atoms with Crippen LogP contribution in [0.1, 0.15) is 42.8 Å². The summed E-state index contributed by atoms with van der Waals surface area (Å²) in [6.45, 7) is 4.95. The summed E-state index contributed by atoms with van der Waals surface area (Å²) in [7, 11) is 0. The second kappa shape index (κ2) is 7.24. The molecule has 0 aliphatic carbocycles. The summed E-state index contributed by atoms with van der Waals surface area (Å²) in [5, 5.41) is 22.3. The van der Waals surface area contributed by atoms with Crippen molar-refractivity contribution in [1.82, 2.24) is 5.32 Å². The number of alkyl carbamates (subject to hydrolysis) is 1. The second-order valence-electron chi connectivity index (χ2n) is 5.88. The molecule has 5 N–H and O–H groups in total. The Morgan fingerprint density at radius 2 is 1.95 bits per heavy atom. The predicted molar refractivity (Wildman–Crippen MR) is 80.2 cm³/mol. The van der Waals surface area contributed by atoms with Gasteiger partial charge >= 0.3 is 6.09 Å². The van der Waals surface area contributed by atoms with Crippen LogP contribution in [0, 0.1) is 0 Å². The van der Waals surface area contributed by atoms with E-state index in [0.717, 1.165) is 0 Å². The normalized spacial score (nSPS) is 14.0. The zero-order valence-electron chi connectivity index (χ0n) is 12.9. The molecule has 0 bridgehead atoms. The van der Waals surface area contributed by atoms with Crippen molar-refractivity contribution in [3.63, 3.8) is 0 Å². The number of ether oxygens (including phenoxy) is 1. The molecule has 0 fully saturated rings. The number of rotatable bonds is 5. The van der Waals surface area contributed by atoms with Crippen LogP contribution in [0.4, 0.5) is 4.79 Å². The van der Waals surface area contributed by atoms with Crippen LogP contribution in [0.15, 0.2) is 24.3 Å². The lowest BCUT2D eigenvalue weighted by Gasteiger charge is -2.22. The number of hydrogen-bond donors (Lipinski definition) is 4. The van der Waals surface area contributed by atoms with Gasteiger partial charge in [0.1, 0.15) is 17.8 Å². The third-order valence-electron chi connectivity index (χ3n) is 2.73. The summed E-state index contributed by atoms with van der Waals surface area (Å²) < 4.78 is 5.02. The van der Waals surface area contributed by atoms with Gasteiger partial charge in [0.25, 0.3) is 0 Å². The number of amides is 2. The Hall–Kier alpha value is -2.12. The molecule has 1 aromatic rings. The van der Waals surface area contributed by atoms with E-state index in [-0.39, 0.29) is 12.1 Å². The average molecular weight is 310 g/mol. The quantitative estimate of drug-likeness (QED) is 0.638. The van der Waals surface area contributed by atoms with Crippen molar-refractivity contribution in [2.45, 2.75) is 38.6 Å². The van der Waals surface area contributed by atoms with Crippen molar-refractivity contribution < 1.29 is 24.5 Å². The van der Waals surface area contributed by atoms with Gasteiger partial charge in [0.15, 0.2) is 0 Å². The Kier molecular flexibility index (Phi) is 5.90. The molecule has 2 amide bonds. The molecule has 2 atom stereocenters. The van der Waals surface area contributed by atoms with Crippen LogP contribution in [-0.2, 0) is 4.74 Å². The largest absolute Gasteiger partial charge is 0.444 e. The van der Waals surface area contributed by atoms with E-state index >= 15 is 0 Å². The molecular weight excluding hydrogens is 288 g/mol. The molecule has 7 nitrogen and oxygen atoms in total. The minimum atomic E-state index is -1.27. The Labute approximate surface area is 129 Å². The summed E-state index contributed by atoms with van der Waals surface area (Å²) >= 11 is 0. The number of aliphatic hydroxyl groups excluding tert-OH is 2. The number of primary amides is 1. The number of carbonyl (C=O) groups excluding carboxylic acids is 2. The van der Waals surface area contributed by atoms with Gasteiger partial charge in [0.2, 0.25) is 5.91 Å². The summed E-state index contributed by atoms with van der Waals surface area (Å²) in [6.07, 6.45) is -3.21. The molecule has 0 heterocycles. The SMILES string of the molecule is CC(C)(C)OC(=O)NCC(O)C(O)c1cccc(C(N)=O)c1. The van der Waals surface area contributed by atoms with Crippen LogP contribution in [0.25, 0.3) is 0 Å². The topological polar surface area (TPSA) is 122 Å². The molecule has 122 valence electrons. The van der Waals surface area contributed by atoms with Crippen molar-refractivity contribution in [3.8, 4) is 0 Å². The van der Waals surface area contributed by atoms with Gasteiger partial charge < -0.3 is 26.0 Å². The maximum atomic E-state index is 11.5. The van der Waals surface area contributed by atoms with Gasteiger partial charge in [0, 0.05) is 12.1 Å². The van der Waals surface area contributed by atoms with E-state index in [1.54, 1.807) is 32.9 Å². The highest BCUT2D eigenvalue weighted by Gasteiger charge is 2.22. The summed E-state index contributed by atoms with van der Waals surface area (Å²) in [5.74, 6) is -0.629. The first-order valence-electron chi connectivity index (χ1n) is 6.83. The predicted octanol–water partition coefficient (Wildman–Crippen LogP) is 0.705. The zero-order chi connectivity index (χ0) is 16.9. The molecule has 0 saturated heterocycles. The van der Waals surface area contributed by atoms with Gasteiger partial charge in [-0.2, -0.15) is 0 Å². The van der Waals surface area contributed by atoms with Crippen molar-refractivity contribution in [1.29, 1.82) is 0 Å². The molecule has 0 saturated carbocycles. The number of nitrogens with two attached hydrogens (primary N) is 1. The Bertz CT molecular complexity index is 539. The third kappa shape index (κ3) is 5.71. The van der Waals surface area contributed by atoms with Crippen molar-refractivity contribution in [2.75, 3.05) is 6.54 Å². The molecule has 2 unspecified atom stereocenters. The van der Waals surface area contributed by atoms with Gasteiger partial charge in [-0.25, -0.2) is 4.79 Å². The molecular formula is C15H22N2O5. The molecule has 1 aromatic carbocycles. The Morgan fingerprint density at radius 1 is 1.32 bits per heavy atom. The standard InChI is InChI=1S/C15H22N2O5/c1-15(2,3)22-14(21)17-8-11(18)12(19)9-5-4-6-10(7-9)13(16)20/h4-7,11-12,18-19H,8H2,1-3H3,(H2,16,20)(H,17,21). The first-order valence-corrected chi connectivity index (χ1v) is 6.83. The first kappa shape index (κ1) is 17.9. The van der Waals surface area contributed by atoms with E-state index in [1.165, 1.54) is 12.1 Å². The highest BCUT2D eigenvalue weighted by Crippen LogP contribution is 2.18. The van der Waals surface area contributed by atoms with Crippen molar-refractivity contribution in [3.05, 3.63) is 35.4 Å². The first-order chi connectivity index (χ1) is 10.1. The Morgan fingerprint density at radius 3 is 2.50 bits per heavy atom. The lowest BCUT2D eigenvalue weighted by Crippen LogP contribution is -2.38. The fourth-order valence-corrected chi connectivity index (χ4v) is 1.71. The van der Waals surface area contributed by atoms with Crippen LogP contribution >= 0.6 is 0 Å². The third-order valence-corrected chi connectivity index (χ3v) is 2.73. The smallest absolute Gasteiger partial charge is 0.407 e. The molecule has 0 radical (unpaired) electrons. The van der Waals surface area contributed by atoms with Crippen molar-refractivity contribution in [2.24, 2.45) is 5.73 Å². The van der Waals surface area contributed by atoms with Gasteiger partial charge in [0.05, 0.1) is 0 Å². The number of carbonyl (C=O) groups is 2. The number of aliphatic hydroxyl groups is 2. The fourth-order valence-electron chi connectivity index (χ4n) is 1.71.